The van der Waals surface area contributed by atoms with Gasteiger partial charge in [0.05, 0.1) is 0 Å². The maximum absolute atomic E-state index is 6.20. The van der Waals surface area contributed by atoms with Gasteiger partial charge in [0.25, 0.3) is 0 Å². The second kappa shape index (κ2) is 14.6. The number of hydrogen-bond donors (Lipinski definition) is 0. The molecule has 0 rings (SSSR count). The molecule has 152 valence electrons. The number of rotatable bonds is 12. The molecule has 0 spiro atoms. The SMILES string of the molecule is C=C[Si](OC)(OC)OC.CCC[Si](O[SiH](C)C)(O[SiH](C)C)O[SiH](C)C. The van der Waals surface area contributed by atoms with E-state index in [1.807, 2.05) is 0 Å². The van der Waals surface area contributed by atoms with Crippen molar-refractivity contribution < 1.29 is 25.6 Å². The van der Waals surface area contributed by atoms with Crippen molar-refractivity contribution in [3.05, 3.63) is 12.3 Å². The highest BCUT2D eigenvalue weighted by atomic mass is 28.5. The molecule has 0 fully saturated rings. The fourth-order valence-electron chi connectivity index (χ4n) is 2.14. The van der Waals surface area contributed by atoms with Crippen molar-refractivity contribution in [2.45, 2.75) is 58.7 Å². The first kappa shape index (κ1) is 27.8. The Hall–Kier alpha value is 0.584. The van der Waals surface area contributed by atoms with E-state index in [2.05, 4.69) is 52.8 Å². The lowest BCUT2D eigenvalue weighted by Crippen LogP contribution is -2.53. The van der Waals surface area contributed by atoms with Crippen LogP contribution in [0.4, 0.5) is 0 Å². The first-order valence-corrected chi connectivity index (χ1v) is 21.0. The molecular formula is C14H40O6Si5. The van der Waals surface area contributed by atoms with E-state index >= 15 is 0 Å². The van der Waals surface area contributed by atoms with E-state index in [-0.39, 0.29) is 0 Å². The van der Waals surface area contributed by atoms with Gasteiger partial charge in [-0.2, -0.15) is 0 Å². The van der Waals surface area contributed by atoms with E-state index < -0.39 is 44.7 Å². The van der Waals surface area contributed by atoms with Gasteiger partial charge < -0.3 is 25.6 Å². The van der Waals surface area contributed by atoms with E-state index in [9.17, 15) is 0 Å². The summed E-state index contributed by atoms with van der Waals surface area (Å²) in [5.74, 6) is 0. The minimum atomic E-state index is -2.43. The molecule has 0 unspecified atom stereocenters. The van der Waals surface area contributed by atoms with Crippen LogP contribution < -0.4 is 0 Å². The van der Waals surface area contributed by atoms with Crippen LogP contribution in [0.2, 0.25) is 45.3 Å². The third-order valence-corrected chi connectivity index (χ3v) is 16.2. The summed E-state index contributed by atoms with van der Waals surface area (Å²) < 4.78 is 33.5. The molecule has 0 aromatic carbocycles. The van der Waals surface area contributed by atoms with Crippen molar-refractivity contribution in [1.29, 1.82) is 0 Å². The largest absolute Gasteiger partial charge is 0.528 e. The first-order valence-electron chi connectivity index (χ1n) is 8.88. The van der Waals surface area contributed by atoms with Crippen molar-refractivity contribution in [1.82, 2.24) is 0 Å². The third kappa shape index (κ3) is 12.6. The molecule has 6 nitrogen and oxygen atoms in total. The van der Waals surface area contributed by atoms with Crippen LogP contribution in [-0.4, -0.2) is 66.1 Å². The van der Waals surface area contributed by atoms with E-state index in [0.717, 1.165) is 12.5 Å². The Morgan fingerprint density at radius 3 is 1.20 bits per heavy atom. The fourth-order valence-corrected chi connectivity index (χ4v) is 16.0. The molecule has 0 bridgehead atoms. The summed E-state index contributed by atoms with van der Waals surface area (Å²) in [5, 5.41) is 0. The Morgan fingerprint density at radius 2 is 1.08 bits per heavy atom. The Labute approximate surface area is 162 Å². The highest BCUT2D eigenvalue weighted by Gasteiger charge is 2.41. The molecule has 25 heavy (non-hydrogen) atoms. The van der Waals surface area contributed by atoms with Gasteiger partial charge in [0.2, 0.25) is 0 Å². The topological polar surface area (TPSA) is 55.4 Å². The Morgan fingerprint density at radius 1 is 0.760 bits per heavy atom. The normalized spacial score (nSPS) is 12.5. The van der Waals surface area contributed by atoms with Crippen molar-refractivity contribution in [3.8, 4) is 0 Å². The molecule has 0 heterocycles. The molecule has 11 heteroatoms. The zero-order valence-electron chi connectivity index (χ0n) is 17.9. The molecule has 0 aromatic rings. The standard InChI is InChI=1S/C9H28O3Si4.C5H12O3Si/c1-8-9-16(10-13(2)3,11-14(4)5)12-15(6)7;1-5-9(6-2,7-3)8-4/h13-15H,8-9H2,1-7H3;5H,1H2,2-4H3. The van der Waals surface area contributed by atoms with Crippen molar-refractivity contribution >= 4 is 44.7 Å². The third-order valence-electron chi connectivity index (χ3n) is 2.91. The first-order chi connectivity index (χ1) is 11.6. The second-order valence-electron chi connectivity index (χ2n) is 6.35. The van der Waals surface area contributed by atoms with Gasteiger partial charge in [-0.3, -0.25) is 0 Å². The monoisotopic (exact) mass is 444 g/mol. The van der Waals surface area contributed by atoms with E-state index in [4.69, 9.17) is 25.6 Å². The molecule has 0 aliphatic heterocycles. The van der Waals surface area contributed by atoms with Crippen LogP contribution in [0.3, 0.4) is 0 Å². The molecule has 0 amide bonds. The lowest BCUT2D eigenvalue weighted by molar-refractivity contribution is 0.138. The molecule has 0 saturated carbocycles. The van der Waals surface area contributed by atoms with E-state index in [1.54, 1.807) is 27.0 Å². The highest BCUT2D eigenvalue weighted by molar-refractivity contribution is 6.79. The molecule has 0 atom stereocenters. The number of hydrogen-bond acceptors (Lipinski definition) is 6. The smallest absolute Gasteiger partial charge is 0.420 e. The molecule has 0 aliphatic carbocycles. The van der Waals surface area contributed by atoms with E-state index in [1.165, 1.54) is 0 Å². The van der Waals surface area contributed by atoms with Crippen LogP contribution in [0.25, 0.3) is 0 Å². The van der Waals surface area contributed by atoms with E-state index in [0.29, 0.717) is 0 Å². The van der Waals surface area contributed by atoms with Crippen molar-refractivity contribution in [2.24, 2.45) is 0 Å². The van der Waals surface area contributed by atoms with Gasteiger partial charge >= 0.3 is 17.6 Å². The van der Waals surface area contributed by atoms with Crippen LogP contribution in [-0.2, 0) is 25.6 Å². The van der Waals surface area contributed by atoms with Gasteiger partial charge in [0.1, 0.15) is 0 Å². The maximum atomic E-state index is 6.20. The van der Waals surface area contributed by atoms with Gasteiger partial charge in [-0.25, -0.2) is 0 Å². The van der Waals surface area contributed by atoms with Gasteiger partial charge in [-0.05, 0) is 45.0 Å². The summed E-state index contributed by atoms with van der Waals surface area (Å²) in [6.45, 7) is 18.9. The quantitative estimate of drug-likeness (QED) is 0.431. The minimum Gasteiger partial charge on any atom is -0.420 e. The molecule has 0 N–H and O–H groups in total. The summed E-state index contributed by atoms with van der Waals surface area (Å²) in [4.78, 5) is 0. The Kier molecular flexibility index (Phi) is 16.3. The average molecular weight is 445 g/mol. The predicted octanol–water partition coefficient (Wildman–Crippen LogP) is 2.93. The lowest BCUT2D eigenvalue weighted by Gasteiger charge is -2.35. The second-order valence-corrected chi connectivity index (χ2v) is 20.2. The fraction of sp³-hybridized carbons (Fsp3) is 0.857. The zero-order valence-corrected chi connectivity index (χ0v) is 23.3. The lowest BCUT2D eigenvalue weighted by atomic mass is 10.6. The zero-order chi connectivity index (χ0) is 20.1. The van der Waals surface area contributed by atoms with Gasteiger partial charge in [0.15, 0.2) is 27.1 Å². The Balaban J connectivity index is 0. The van der Waals surface area contributed by atoms with Crippen molar-refractivity contribution in [2.75, 3.05) is 21.3 Å². The summed E-state index contributed by atoms with van der Waals surface area (Å²) in [6.07, 6.45) is 1.09. The van der Waals surface area contributed by atoms with Gasteiger partial charge in [-0.1, -0.05) is 19.9 Å². The summed E-state index contributed by atoms with van der Waals surface area (Å²) in [6, 6.07) is 0.995. The minimum absolute atomic E-state index is 0.995. The molecule has 0 saturated heterocycles. The molecule has 0 aliphatic rings. The molecule has 0 aromatic heterocycles. The molecule has 0 radical (unpaired) electrons. The predicted molar refractivity (Wildman–Crippen MR) is 118 cm³/mol. The molecular weight excluding hydrogens is 405 g/mol. The summed E-state index contributed by atoms with van der Waals surface area (Å²) in [5.41, 5.74) is 1.58. The summed E-state index contributed by atoms with van der Waals surface area (Å²) in [7, 11) is -3.37. The van der Waals surface area contributed by atoms with Crippen molar-refractivity contribution in [3.63, 3.8) is 0 Å². The van der Waals surface area contributed by atoms with Gasteiger partial charge in [0, 0.05) is 27.4 Å². The van der Waals surface area contributed by atoms with Crippen LogP contribution in [0.15, 0.2) is 12.3 Å². The van der Waals surface area contributed by atoms with Crippen LogP contribution in [0, 0.1) is 0 Å². The van der Waals surface area contributed by atoms with Crippen LogP contribution >= 0.6 is 0 Å². The average Bonchev–Trinajstić information content (AvgIpc) is 2.48. The summed E-state index contributed by atoms with van der Waals surface area (Å²) >= 11 is 0. The Bertz CT molecular complexity index is 305. The van der Waals surface area contributed by atoms with Crippen LogP contribution in [0.5, 0.6) is 0 Å². The van der Waals surface area contributed by atoms with Crippen LogP contribution in [0.1, 0.15) is 13.3 Å². The maximum Gasteiger partial charge on any atom is 0.528 e. The highest BCUT2D eigenvalue weighted by Crippen LogP contribution is 2.21. The van der Waals surface area contributed by atoms with Gasteiger partial charge in [-0.15, -0.1) is 0 Å².